The van der Waals surface area contributed by atoms with Gasteiger partial charge in [-0.3, -0.25) is 0 Å². The molecule has 0 aromatic rings. The molecule has 1 saturated carbocycles. The van der Waals surface area contributed by atoms with Crippen molar-refractivity contribution in [1.29, 1.82) is 0 Å². The van der Waals surface area contributed by atoms with E-state index in [1.807, 2.05) is 0 Å². The molecule has 1 atom stereocenters. The molecule has 0 bridgehead atoms. The molecule has 2 nitrogen and oxygen atoms in total. The van der Waals surface area contributed by atoms with Gasteiger partial charge in [-0.1, -0.05) is 39.2 Å². The standard InChI is InChI=1S/C13H22O2/c1-3-5-10-12(15-13(14)4-2)11-8-6-7-9-11/h4,11-12H,2-3,5-10H2,1H3. The van der Waals surface area contributed by atoms with Crippen LogP contribution in [0, 0.1) is 5.92 Å². The van der Waals surface area contributed by atoms with E-state index in [0.717, 1.165) is 19.3 Å². The van der Waals surface area contributed by atoms with Gasteiger partial charge in [0.25, 0.3) is 0 Å². The first-order chi connectivity index (χ1) is 7.27. The monoisotopic (exact) mass is 210 g/mol. The molecule has 0 radical (unpaired) electrons. The molecule has 0 saturated heterocycles. The summed E-state index contributed by atoms with van der Waals surface area (Å²) in [5.74, 6) is 0.337. The van der Waals surface area contributed by atoms with Gasteiger partial charge in [-0.2, -0.15) is 0 Å². The van der Waals surface area contributed by atoms with Gasteiger partial charge in [0.15, 0.2) is 0 Å². The third kappa shape index (κ3) is 4.06. The summed E-state index contributed by atoms with van der Waals surface area (Å²) in [6.45, 7) is 5.61. The van der Waals surface area contributed by atoms with Crippen LogP contribution in [0.25, 0.3) is 0 Å². The number of hydrogen-bond acceptors (Lipinski definition) is 2. The number of rotatable bonds is 6. The van der Waals surface area contributed by atoms with E-state index in [0.29, 0.717) is 5.92 Å². The second-order valence-corrected chi connectivity index (χ2v) is 4.37. The highest BCUT2D eigenvalue weighted by Gasteiger charge is 2.26. The molecule has 86 valence electrons. The van der Waals surface area contributed by atoms with Crippen LogP contribution in [0.2, 0.25) is 0 Å². The highest BCUT2D eigenvalue weighted by Crippen LogP contribution is 2.31. The van der Waals surface area contributed by atoms with Crippen LogP contribution < -0.4 is 0 Å². The highest BCUT2D eigenvalue weighted by atomic mass is 16.5. The Hall–Kier alpha value is -0.790. The van der Waals surface area contributed by atoms with Crippen molar-refractivity contribution in [3.8, 4) is 0 Å². The summed E-state index contributed by atoms with van der Waals surface area (Å²) in [6.07, 6.45) is 9.75. The van der Waals surface area contributed by atoms with Gasteiger partial charge in [0.2, 0.25) is 0 Å². The lowest BCUT2D eigenvalue weighted by Gasteiger charge is -2.22. The molecule has 0 N–H and O–H groups in total. The van der Waals surface area contributed by atoms with Crippen LogP contribution in [0.1, 0.15) is 51.9 Å². The lowest BCUT2D eigenvalue weighted by molar-refractivity contribution is -0.146. The van der Waals surface area contributed by atoms with E-state index in [9.17, 15) is 4.79 Å². The predicted molar refractivity (Wildman–Crippen MR) is 61.6 cm³/mol. The van der Waals surface area contributed by atoms with Crippen LogP contribution >= 0.6 is 0 Å². The summed E-state index contributed by atoms with van der Waals surface area (Å²) in [5.41, 5.74) is 0. The van der Waals surface area contributed by atoms with Gasteiger partial charge in [0.05, 0.1) is 0 Å². The van der Waals surface area contributed by atoms with Crippen molar-refractivity contribution in [3.63, 3.8) is 0 Å². The van der Waals surface area contributed by atoms with Gasteiger partial charge in [0, 0.05) is 6.08 Å². The van der Waals surface area contributed by atoms with Gasteiger partial charge in [-0.25, -0.2) is 4.79 Å². The molecule has 1 fully saturated rings. The van der Waals surface area contributed by atoms with Crippen LogP contribution in [-0.2, 0) is 9.53 Å². The fourth-order valence-corrected chi connectivity index (χ4v) is 2.32. The Bertz CT molecular complexity index is 205. The molecule has 1 aliphatic carbocycles. The molecule has 1 aliphatic rings. The first-order valence-electron chi connectivity index (χ1n) is 6.11. The SMILES string of the molecule is C=CC(=O)OC(CCCC)C1CCCC1. The Morgan fingerprint density at radius 3 is 2.73 bits per heavy atom. The molecule has 0 aromatic heterocycles. The first kappa shape index (κ1) is 12.3. The van der Waals surface area contributed by atoms with Crippen LogP contribution in [-0.4, -0.2) is 12.1 Å². The van der Waals surface area contributed by atoms with E-state index in [1.54, 1.807) is 0 Å². The number of carbonyl (C=O) groups is 1. The number of unbranched alkanes of at least 4 members (excludes halogenated alkanes) is 1. The summed E-state index contributed by atoms with van der Waals surface area (Å²) in [7, 11) is 0. The minimum absolute atomic E-state index is 0.137. The number of carbonyl (C=O) groups excluding carboxylic acids is 1. The molecule has 1 unspecified atom stereocenters. The minimum atomic E-state index is -0.261. The van der Waals surface area contributed by atoms with Crippen molar-refractivity contribution in [2.75, 3.05) is 0 Å². The Labute approximate surface area is 92.7 Å². The second-order valence-electron chi connectivity index (χ2n) is 4.37. The van der Waals surface area contributed by atoms with Crippen molar-refractivity contribution in [1.82, 2.24) is 0 Å². The average molecular weight is 210 g/mol. The zero-order chi connectivity index (χ0) is 11.1. The summed E-state index contributed by atoms with van der Waals surface area (Å²) < 4.78 is 5.43. The maximum Gasteiger partial charge on any atom is 0.330 e. The van der Waals surface area contributed by atoms with Gasteiger partial charge < -0.3 is 4.74 Å². The average Bonchev–Trinajstić information content (AvgIpc) is 2.77. The quantitative estimate of drug-likeness (QED) is 0.495. The van der Waals surface area contributed by atoms with Crippen LogP contribution in [0.5, 0.6) is 0 Å². The molecule has 2 heteroatoms. The van der Waals surface area contributed by atoms with Crippen molar-refractivity contribution in [2.24, 2.45) is 5.92 Å². The summed E-state index contributed by atoms with van der Waals surface area (Å²) in [6, 6.07) is 0. The van der Waals surface area contributed by atoms with E-state index >= 15 is 0 Å². The fourth-order valence-electron chi connectivity index (χ4n) is 2.32. The fraction of sp³-hybridized carbons (Fsp3) is 0.769. The van der Waals surface area contributed by atoms with Gasteiger partial charge in [-0.05, 0) is 25.2 Å². The zero-order valence-corrected chi connectivity index (χ0v) is 9.71. The van der Waals surface area contributed by atoms with Crippen molar-refractivity contribution < 1.29 is 9.53 Å². The summed E-state index contributed by atoms with van der Waals surface area (Å²) in [5, 5.41) is 0. The van der Waals surface area contributed by atoms with E-state index in [1.165, 1.54) is 31.8 Å². The first-order valence-corrected chi connectivity index (χ1v) is 6.11. The number of esters is 1. The molecule has 0 aromatic carbocycles. The van der Waals surface area contributed by atoms with E-state index in [2.05, 4.69) is 13.5 Å². The predicted octanol–water partition coefficient (Wildman–Crippen LogP) is 3.46. The molecule has 15 heavy (non-hydrogen) atoms. The molecular weight excluding hydrogens is 188 g/mol. The minimum Gasteiger partial charge on any atom is -0.459 e. The van der Waals surface area contributed by atoms with E-state index < -0.39 is 0 Å². The van der Waals surface area contributed by atoms with Crippen molar-refractivity contribution >= 4 is 5.97 Å². The molecule has 1 rings (SSSR count). The van der Waals surface area contributed by atoms with Gasteiger partial charge >= 0.3 is 5.97 Å². The highest BCUT2D eigenvalue weighted by molar-refractivity contribution is 5.81. The molecule has 0 heterocycles. The number of ether oxygens (including phenoxy) is 1. The van der Waals surface area contributed by atoms with Crippen molar-refractivity contribution in [2.45, 2.75) is 58.0 Å². The smallest absolute Gasteiger partial charge is 0.330 e. The van der Waals surface area contributed by atoms with E-state index in [-0.39, 0.29) is 12.1 Å². The Morgan fingerprint density at radius 1 is 1.53 bits per heavy atom. The topological polar surface area (TPSA) is 26.3 Å². The third-order valence-corrected chi connectivity index (χ3v) is 3.20. The largest absolute Gasteiger partial charge is 0.459 e. The summed E-state index contributed by atoms with van der Waals surface area (Å²) in [4.78, 5) is 11.2. The van der Waals surface area contributed by atoms with Crippen LogP contribution in [0.4, 0.5) is 0 Å². The van der Waals surface area contributed by atoms with Gasteiger partial charge in [-0.15, -0.1) is 0 Å². The van der Waals surface area contributed by atoms with Gasteiger partial charge in [0.1, 0.15) is 6.10 Å². The molecule has 0 amide bonds. The van der Waals surface area contributed by atoms with Crippen LogP contribution in [0.15, 0.2) is 12.7 Å². The zero-order valence-electron chi connectivity index (χ0n) is 9.71. The Balaban J connectivity index is 2.43. The molecular formula is C13H22O2. The maximum atomic E-state index is 11.2. The lowest BCUT2D eigenvalue weighted by atomic mass is 9.96. The normalized spacial score (nSPS) is 18.7. The maximum absolute atomic E-state index is 11.2. The van der Waals surface area contributed by atoms with E-state index in [4.69, 9.17) is 4.74 Å². The number of hydrogen-bond donors (Lipinski definition) is 0. The lowest BCUT2D eigenvalue weighted by Crippen LogP contribution is -2.24. The summed E-state index contributed by atoms with van der Waals surface area (Å²) >= 11 is 0. The Kier molecular flexibility index (Phi) is 5.44. The Morgan fingerprint density at radius 2 is 2.20 bits per heavy atom. The van der Waals surface area contributed by atoms with Crippen molar-refractivity contribution in [3.05, 3.63) is 12.7 Å². The molecule has 0 spiro atoms. The molecule has 0 aliphatic heterocycles. The third-order valence-electron chi connectivity index (χ3n) is 3.20. The second kappa shape index (κ2) is 6.65. The van der Waals surface area contributed by atoms with Crippen LogP contribution in [0.3, 0.4) is 0 Å².